The van der Waals surface area contributed by atoms with E-state index in [2.05, 4.69) is 5.32 Å². The van der Waals surface area contributed by atoms with Crippen LogP contribution in [0.5, 0.6) is 0 Å². The molecular weight excluding hydrogens is 424 g/mol. The van der Waals surface area contributed by atoms with Crippen LogP contribution < -0.4 is 5.32 Å². The summed E-state index contributed by atoms with van der Waals surface area (Å²) < 4.78 is 9.72. The maximum Gasteiger partial charge on any atom is 0.409 e. The summed E-state index contributed by atoms with van der Waals surface area (Å²) in [5, 5.41) is 3.34. The van der Waals surface area contributed by atoms with Crippen molar-refractivity contribution in [2.75, 3.05) is 31.8 Å². The molecule has 2 heterocycles. The SMILES string of the molecule is COC(=O)c1c(NC(=O)CCSc2ccc(C)cc2)sc2c1CCN(C(=O)OC)C2. The van der Waals surface area contributed by atoms with Gasteiger partial charge in [-0.2, -0.15) is 0 Å². The highest BCUT2D eigenvalue weighted by Crippen LogP contribution is 2.38. The number of rotatable bonds is 6. The number of carbonyl (C=O) groups is 3. The molecule has 0 spiro atoms. The maximum absolute atomic E-state index is 12.5. The van der Waals surface area contributed by atoms with Gasteiger partial charge in [0.1, 0.15) is 5.00 Å². The van der Waals surface area contributed by atoms with E-state index in [0.29, 0.717) is 42.2 Å². The van der Waals surface area contributed by atoms with Crippen molar-refractivity contribution in [3.63, 3.8) is 0 Å². The molecule has 0 saturated heterocycles. The summed E-state index contributed by atoms with van der Waals surface area (Å²) in [6.45, 7) is 2.82. The fraction of sp³-hybridized carbons (Fsp3) is 0.381. The van der Waals surface area contributed by atoms with E-state index in [0.717, 1.165) is 15.3 Å². The molecule has 2 amide bonds. The summed E-state index contributed by atoms with van der Waals surface area (Å²) in [6, 6.07) is 8.15. The molecule has 30 heavy (non-hydrogen) atoms. The smallest absolute Gasteiger partial charge is 0.409 e. The third-order valence-electron chi connectivity index (χ3n) is 4.75. The Labute approximate surface area is 183 Å². The first-order valence-corrected chi connectivity index (χ1v) is 11.3. The summed E-state index contributed by atoms with van der Waals surface area (Å²) in [5.41, 5.74) is 2.41. The quantitative estimate of drug-likeness (QED) is 0.529. The highest BCUT2D eigenvalue weighted by Gasteiger charge is 2.31. The third kappa shape index (κ3) is 5.14. The lowest BCUT2D eigenvalue weighted by atomic mass is 10.0. The minimum absolute atomic E-state index is 0.164. The number of thioether (sulfide) groups is 1. The van der Waals surface area contributed by atoms with Crippen molar-refractivity contribution in [1.82, 2.24) is 4.90 Å². The molecule has 0 atom stereocenters. The number of hydrogen-bond donors (Lipinski definition) is 1. The number of fused-ring (bicyclic) bond motifs is 1. The Morgan fingerprint density at radius 1 is 1.17 bits per heavy atom. The number of thiophene rings is 1. The predicted molar refractivity (Wildman–Crippen MR) is 117 cm³/mol. The van der Waals surface area contributed by atoms with Crippen LogP contribution in [0.2, 0.25) is 0 Å². The Kier molecular flexibility index (Phi) is 7.38. The van der Waals surface area contributed by atoms with Crippen LogP contribution in [0.1, 0.15) is 32.8 Å². The van der Waals surface area contributed by atoms with Crippen LogP contribution in [0.25, 0.3) is 0 Å². The van der Waals surface area contributed by atoms with Crippen molar-refractivity contribution in [1.29, 1.82) is 0 Å². The Hall–Kier alpha value is -2.52. The van der Waals surface area contributed by atoms with Gasteiger partial charge in [-0.25, -0.2) is 9.59 Å². The zero-order chi connectivity index (χ0) is 21.7. The minimum atomic E-state index is -0.483. The molecule has 1 N–H and O–H groups in total. The van der Waals surface area contributed by atoms with Crippen molar-refractivity contribution in [2.24, 2.45) is 0 Å². The van der Waals surface area contributed by atoms with Crippen molar-refractivity contribution < 1.29 is 23.9 Å². The number of nitrogens with zero attached hydrogens (tertiary/aromatic N) is 1. The van der Waals surface area contributed by atoms with Crippen LogP contribution in [-0.2, 0) is 27.2 Å². The molecule has 9 heteroatoms. The van der Waals surface area contributed by atoms with E-state index in [1.807, 2.05) is 31.2 Å². The summed E-state index contributed by atoms with van der Waals surface area (Å²) in [5.74, 6) is -0.0181. The maximum atomic E-state index is 12.5. The van der Waals surface area contributed by atoms with Gasteiger partial charge in [0.2, 0.25) is 5.91 Å². The van der Waals surface area contributed by atoms with E-state index in [9.17, 15) is 14.4 Å². The van der Waals surface area contributed by atoms with E-state index in [-0.39, 0.29) is 5.91 Å². The van der Waals surface area contributed by atoms with Crippen LogP contribution in [-0.4, -0.2) is 49.4 Å². The summed E-state index contributed by atoms with van der Waals surface area (Å²) in [6.07, 6.45) is 0.410. The van der Waals surface area contributed by atoms with Crippen molar-refractivity contribution in [2.45, 2.75) is 31.2 Å². The first-order chi connectivity index (χ1) is 14.4. The lowest BCUT2D eigenvalue weighted by Gasteiger charge is -2.25. The number of ether oxygens (including phenoxy) is 2. The standard InChI is InChI=1S/C21H24N2O5S2/c1-13-4-6-14(7-5-13)29-11-9-17(24)22-19-18(20(25)27-2)15-8-10-23(21(26)28-3)12-16(15)30-19/h4-7H,8-12H2,1-3H3,(H,22,24). The van der Waals surface area contributed by atoms with Gasteiger partial charge in [-0.1, -0.05) is 17.7 Å². The van der Waals surface area contributed by atoms with E-state index >= 15 is 0 Å². The van der Waals surface area contributed by atoms with Gasteiger partial charge in [0.05, 0.1) is 26.3 Å². The Morgan fingerprint density at radius 3 is 2.57 bits per heavy atom. The van der Waals surface area contributed by atoms with Gasteiger partial charge in [-0.3, -0.25) is 4.79 Å². The zero-order valence-electron chi connectivity index (χ0n) is 17.1. The fourth-order valence-corrected chi connectivity index (χ4v) is 5.30. The number of benzene rings is 1. The normalized spacial score (nSPS) is 12.8. The summed E-state index contributed by atoms with van der Waals surface area (Å²) >= 11 is 2.92. The monoisotopic (exact) mass is 448 g/mol. The first-order valence-electron chi connectivity index (χ1n) is 9.48. The van der Waals surface area contributed by atoms with Gasteiger partial charge in [-0.15, -0.1) is 23.1 Å². The molecule has 1 aliphatic rings. The molecule has 0 unspecified atom stereocenters. The molecule has 160 valence electrons. The highest BCUT2D eigenvalue weighted by atomic mass is 32.2. The molecule has 1 aliphatic heterocycles. The van der Waals surface area contributed by atoms with Gasteiger partial charge in [0.15, 0.2) is 0 Å². The lowest BCUT2D eigenvalue weighted by molar-refractivity contribution is -0.115. The molecule has 0 aliphatic carbocycles. The van der Waals surface area contributed by atoms with Crippen molar-refractivity contribution >= 4 is 46.1 Å². The van der Waals surface area contributed by atoms with Crippen LogP contribution in [0.4, 0.5) is 9.80 Å². The Bertz CT molecular complexity index is 940. The van der Waals surface area contributed by atoms with E-state index in [4.69, 9.17) is 9.47 Å². The van der Waals surface area contributed by atoms with Crippen LogP contribution in [0.15, 0.2) is 29.2 Å². The number of esters is 1. The number of amides is 2. The molecule has 0 radical (unpaired) electrons. The number of hydrogen-bond acceptors (Lipinski definition) is 7. The Morgan fingerprint density at radius 2 is 1.90 bits per heavy atom. The second-order valence-corrected chi connectivity index (χ2v) is 9.07. The topological polar surface area (TPSA) is 84.9 Å². The van der Waals surface area contributed by atoms with Crippen LogP contribution in [0, 0.1) is 6.92 Å². The lowest BCUT2D eigenvalue weighted by Crippen LogP contribution is -2.35. The first kappa shape index (κ1) is 22.2. The van der Waals surface area contributed by atoms with Gasteiger partial charge < -0.3 is 19.7 Å². The predicted octanol–water partition coefficient (Wildman–Crippen LogP) is 4.09. The van der Waals surface area contributed by atoms with Crippen molar-refractivity contribution in [3.8, 4) is 0 Å². The summed E-state index contributed by atoms with van der Waals surface area (Å²) in [7, 11) is 2.66. The molecule has 0 fully saturated rings. The zero-order valence-corrected chi connectivity index (χ0v) is 18.8. The number of carbonyl (C=O) groups excluding carboxylic acids is 3. The number of aryl methyl sites for hydroxylation is 1. The van der Waals surface area contributed by atoms with Gasteiger partial charge in [0, 0.05) is 28.5 Å². The number of anilines is 1. The van der Waals surface area contributed by atoms with Gasteiger partial charge >= 0.3 is 12.1 Å². The minimum Gasteiger partial charge on any atom is -0.465 e. The number of methoxy groups -OCH3 is 2. The van der Waals surface area contributed by atoms with Gasteiger partial charge in [-0.05, 0) is 31.0 Å². The number of nitrogens with one attached hydrogen (secondary N) is 1. The molecule has 3 rings (SSSR count). The largest absolute Gasteiger partial charge is 0.465 e. The summed E-state index contributed by atoms with van der Waals surface area (Å²) in [4.78, 5) is 40.2. The fourth-order valence-electron chi connectivity index (χ4n) is 3.18. The van der Waals surface area contributed by atoms with Crippen LogP contribution >= 0.6 is 23.1 Å². The molecule has 1 aromatic carbocycles. The second kappa shape index (κ2) is 9.99. The second-order valence-electron chi connectivity index (χ2n) is 6.80. The third-order valence-corrected chi connectivity index (χ3v) is 6.90. The molecule has 0 saturated carbocycles. The molecule has 1 aromatic heterocycles. The van der Waals surface area contributed by atoms with E-state index in [1.54, 1.807) is 16.7 Å². The molecule has 2 aromatic rings. The average molecular weight is 449 g/mol. The average Bonchev–Trinajstić information content (AvgIpc) is 3.10. The van der Waals surface area contributed by atoms with Gasteiger partial charge in [0.25, 0.3) is 0 Å². The molecule has 7 nitrogen and oxygen atoms in total. The molecule has 0 bridgehead atoms. The van der Waals surface area contributed by atoms with E-state index < -0.39 is 12.1 Å². The van der Waals surface area contributed by atoms with E-state index in [1.165, 1.54) is 31.1 Å². The van der Waals surface area contributed by atoms with Crippen LogP contribution in [0.3, 0.4) is 0 Å². The molecular formula is C21H24N2O5S2. The highest BCUT2D eigenvalue weighted by molar-refractivity contribution is 7.99. The Balaban J connectivity index is 1.68. The van der Waals surface area contributed by atoms with Crippen molar-refractivity contribution in [3.05, 3.63) is 45.8 Å².